The Labute approximate surface area is 113 Å². The maximum absolute atomic E-state index is 11.9. The summed E-state index contributed by atoms with van der Waals surface area (Å²) in [4.78, 5) is 11.9. The molecule has 0 aromatic heterocycles. The van der Waals surface area contributed by atoms with Crippen molar-refractivity contribution in [3.63, 3.8) is 0 Å². The zero-order chi connectivity index (χ0) is 14.3. The van der Waals surface area contributed by atoms with Crippen LogP contribution in [0.3, 0.4) is 0 Å². The molecule has 4 N–H and O–H groups in total. The first-order valence-electron chi connectivity index (χ1n) is 6.56. The van der Waals surface area contributed by atoms with E-state index in [-0.39, 0.29) is 12.5 Å². The maximum atomic E-state index is 11.9. The van der Waals surface area contributed by atoms with Crippen molar-refractivity contribution in [2.24, 2.45) is 0 Å². The smallest absolute Gasteiger partial charge is 0.251 e. The Morgan fingerprint density at radius 3 is 2.79 bits per heavy atom. The average Bonchev–Trinajstić information content (AvgIpc) is 2.36. The van der Waals surface area contributed by atoms with Gasteiger partial charge in [0.2, 0.25) is 0 Å². The molecule has 0 saturated carbocycles. The number of carbonyl (C=O) groups is 1. The molecule has 0 aliphatic carbocycles. The molecule has 1 unspecified atom stereocenters. The molecule has 1 atom stereocenters. The molecule has 0 bridgehead atoms. The van der Waals surface area contributed by atoms with Gasteiger partial charge in [-0.15, -0.1) is 0 Å². The zero-order valence-corrected chi connectivity index (χ0v) is 11.5. The van der Waals surface area contributed by atoms with Gasteiger partial charge in [0.1, 0.15) is 5.75 Å². The van der Waals surface area contributed by atoms with Crippen LogP contribution in [0.25, 0.3) is 0 Å². The van der Waals surface area contributed by atoms with Gasteiger partial charge in [0.05, 0.1) is 12.7 Å². The van der Waals surface area contributed by atoms with E-state index >= 15 is 0 Å². The number of nitrogen functional groups attached to an aromatic ring is 1. The van der Waals surface area contributed by atoms with E-state index in [4.69, 9.17) is 10.5 Å². The number of ether oxygens (including phenoxy) is 1. The topological polar surface area (TPSA) is 84.6 Å². The third-order valence-electron chi connectivity index (χ3n) is 2.62. The number of benzene rings is 1. The Hall–Kier alpha value is -1.75. The molecular weight excluding hydrogens is 244 g/mol. The van der Waals surface area contributed by atoms with E-state index in [9.17, 15) is 9.90 Å². The molecule has 5 nitrogen and oxygen atoms in total. The van der Waals surface area contributed by atoms with Gasteiger partial charge >= 0.3 is 0 Å². The summed E-state index contributed by atoms with van der Waals surface area (Å²) in [6.45, 7) is 4.60. The Bertz CT molecular complexity index is 421. The molecule has 0 fully saturated rings. The van der Waals surface area contributed by atoms with Gasteiger partial charge in [0, 0.05) is 23.9 Å². The number of hydrogen-bond acceptors (Lipinski definition) is 4. The van der Waals surface area contributed by atoms with Crippen LogP contribution in [0.4, 0.5) is 5.69 Å². The van der Waals surface area contributed by atoms with Crippen LogP contribution in [0, 0.1) is 0 Å². The summed E-state index contributed by atoms with van der Waals surface area (Å²) in [6, 6.07) is 4.90. The zero-order valence-electron chi connectivity index (χ0n) is 11.5. The van der Waals surface area contributed by atoms with Gasteiger partial charge in [-0.05, 0) is 25.5 Å². The highest BCUT2D eigenvalue weighted by atomic mass is 16.5. The normalized spacial score (nSPS) is 11.9. The van der Waals surface area contributed by atoms with Crippen LogP contribution in [0.15, 0.2) is 18.2 Å². The molecule has 0 aliphatic heterocycles. The van der Waals surface area contributed by atoms with Crippen molar-refractivity contribution in [2.75, 3.05) is 18.9 Å². The molecule has 1 aromatic rings. The number of nitrogens with two attached hydrogens (primary N) is 1. The van der Waals surface area contributed by atoms with E-state index in [1.807, 2.05) is 13.8 Å². The van der Waals surface area contributed by atoms with Crippen molar-refractivity contribution in [3.8, 4) is 5.75 Å². The third kappa shape index (κ3) is 5.18. The number of nitrogens with one attached hydrogen (secondary N) is 1. The molecule has 1 aromatic carbocycles. The molecule has 5 heteroatoms. The van der Waals surface area contributed by atoms with E-state index in [0.29, 0.717) is 30.0 Å². The molecule has 1 rings (SSSR count). The number of amides is 1. The SMILES string of the molecule is CCCC(O)CNC(=O)c1cc(N)cc(OCC)c1. The number of anilines is 1. The van der Waals surface area contributed by atoms with Gasteiger partial charge in [-0.25, -0.2) is 0 Å². The molecule has 19 heavy (non-hydrogen) atoms. The average molecular weight is 266 g/mol. The highest BCUT2D eigenvalue weighted by Crippen LogP contribution is 2.18. The van der Waals surface area contributed by atoms with Crippen molar-refractivity contribution in [1.82, 2.24) is 5.32 Å². The molecule has 0 heterocycles. The van der Waals surface area contributed by atoms with Crippen molar-refractivity contribution in [3.05, 3.63) is 23.8 Å². The minimum atomic E-state index is -0.513. The van der Waals surface area contributed by atoms with Gasteiger partial charge < -0.3 is 20.9 Å². The van der Waals surface area contributed by atoms with Crippen LogP contribution in [0.2, 0.25) is 0 Å². The number of aliphatic hydroxyl groups excluding tert-OH is 1. The number of hydrogen-bond donors (Lipinski definition) is 3. The van der Waals surface area contributed by atoms with Crippen LogP contribution < -0.4 is 15.8 Å². The predicted molar refractivity (Wildman–Crippen MR) is 75.3 cm³/mol. The maximum Gasteiger partial charge on any atom is 0.251 e. The summed E-state index contributed by atoms with van der Waals surface area (Å²) in [5.74, 6) is 0.310. The first-order valence-corrected chi connectivity index (χ1v) is 6.56. The van der Waals surface area contributed by atoms with Gasteiger partial charge in [0.15, 0.2) is 0 Å². The quantitative estimate of drug-likeness (QED) is 0.654. The Morgan fingerprint density at radius 1 is 1.42 bits per heavy atom. The highest BCUT2D eigenvalue weighted by Gasteiger charge is 2.10. The molecule has 0 spiro atoms. The fraction of sp³-hybridized carbons (Fsp3) is 0.500. The second-order valence-corrected chi connectivity index (χ2v) is 4.38. The highest BCUT2D eigenvalue weighted by molar-refractivity contribution is 5.95. The lowest BCUT2D eigenvalue weighted by atomic mass is 10.1. The van der Waals surface area contributed by atoms with Crippen LogP contribution >= 0.6 is 0 Å². The van der Waals surface area contributed by atoms with Crippen LogP contribution in [-0.4, -0.2) is 30.3 Å². The summed E-state index contributed by atoms with van der Waals surface area (Å²) < 4.78 is 5.33. The van der Waals surface area contributed by atoms with Crippen LogP contribution in [0.5, 0.6) is 5.75 Å². The Kier molecular flexibility index (Phi) is 6.15. The molecular formula is C14H22N2O3. The van der Waals surface area contributed by atoms with E-state index in [1.165, 1.54) is 0 Å². The molecule has 106 valence electrons. The first-order chi connectivity index (χ1) is 9.06. The summed E-state index contributed by atoms with van der Waals surface area (Å²) in [5.41, 5.74) is 6.64. The van der Waals surface area contributed by atoms with Crippen molar-refractivity contribution < 1.29 is 14.6 Å². The van der Waals surface area contributed by atoms with E-state index in [2.05, 4.69) is 5.32 Å². The number of rotatable bonds is 7. The van der Waals surface area contributed by atoms with Gasteiger partial charge in [-0.2, -0.15) is 0 Å². The summed E-state index contributed by atoms with van der Waals surface area (Å²) in [6.07, 6.45) is 1.03. The fourth-order valence-corrected chi connectivity index (χ4v) is 1.75. The summed E-state index contributed by atoms with van der Waals surface area (Å²) in [7, 11) is 0. The van der Waals surface area contributed by atoms with Gasteiger partial charge in [-0.3, -0.25) is 4.79 Å². The lowest BCUT2D eigenvalue weighted by Crippen LogP contribution is -2.32. The Morgan fingerprint density at radius 2 is 2.16 bits per heavy atom. The van der Waals surface area contributed by atoms with E-state index < -0.39 is 6.10 Å². The number of carbonyl (C=O) groups excluding carboxylic acids is 1. The van der Waals surface area contributed by atoms with E-state index in [0.717, 1.165) is 6.42 Å². The van der Waals surface area contributed by atoms with Crippen LogP contribution in [0.1, 0.15) is 37.0 Å². The molecule has 0 aliphatic rings. The van der Waals surface area contributed by atoms with Crippen LogP contribution in [-0.2, 0) is 0 Å². The minimum Gasteiger partial charge on any atom is -0.494 e. The fourth-order valence-electron chi connectivity index (χ4n) is 1.75. The summed E-state index contributed by atoms with van der Waals surface area (Å²) >= 11 is 0. The van der Waals surface area contributed by atoms with Gasteiger partial charge in [-0.1, -0.05) is 13.3 Å². The standard InChI is InChI=1S/C14H22N2O3/c1-3-5-12(17)9-16-14(18)10-6-11(15)8-13(7-10)19-4-2/h6-8,12,17H,3-5,9,15H2,1-2H3,(H,16,18). The van der Waals surface area contributed by atoms with Gasteiger partial charge in [0.25, 0.3) is 5.91 Å². The third-order valence-corrected chi connectivity index (χ3v) is 2.62. The molecule has 1 amide bonds. The first kappa shape index (κ1) is 15.3. The molecule has 0 saturated heterocycles. The molecule has 0 radical (unpaired) electrons. The predicted octanol–water partition coefficient (Wildman–Crippen LogP) is 1.56. The van der Waals surface area contributed by atoms with Crippen molar-refractivity contribution in [2.45, 2.75) is 32.8 Å². The van der Waals surface area contributed by atoms with Crippen molar-refractivity contribution in [1.29, 1.82) is 0 Å². The van der Waals surface area contributed by atoms with Crippen molar-refractivity contribution >= 4 is 11.6 Å². The summed E-state index contributed by atoms with van der Waals surface area (Å²) in [5, 5.41) is 12.3. The Balaban J connectivity index is 2.65. The second kappa shape index (κ2) is 7.63. The van der Waals surface area contributed by atoms with E-state index in [1.54, 1.807) is 18.2 Å². The minimum absolute atomic E-state index is 0.242. The monoisotopic (exact) mass is 266 g/mol. The second-order valence-electron chi connectivity index (χ2n) is 4.38. The lowest BCUT2D eigenvalue weighted by molar-refractivity contribution is 0.0909. The lowest BCUT2D eigenvalue weighted by Gasteiger charge is -2.12. The largest absolute Gasteiger partial charge is 0.494 e. The number of aliphatic hydroxyl groups is 1.